The van der Waals surface area contributed by atoms with Gasteiger partial charge in [-0.05, 0) is 36.8 Å². The second-order valence-corrected chi connectivity index (χ2v) is 12.3. The number of nitrogens with zero attached hydrogens (tertiary/aromatic N) is 5. The van der Waals surface area contributed by atoms with Crippen molar-refractivity contribution in [1.29, 1.82) is 0 Å². The Balaban J connectivity index is 1.27. The molecule has 1 saturated carbocycles. The van der Waals surface area contributed by atoms with Crippen LogP contribution in [0, 0.1) is 5.41 Å². The molecule has 2 N–H and O–H groups in total. The molecule has 0 radical (unpaired) electrons. The van der Waals surface area contributed by atoms with Gasteiger partial charge in [0.1, 0.15) is 29.6 Å². The number of aliphatic hydroxyl groups excluding tert-OH is 1. The Bertz CT molecular complexity index is 1300. The fourth-order valence-corrected chi connectivity index (χ4v) is 5.81. The second-order valence-electron chi connectivity index (χ2n) is 12.3. The topological polar surface area (TPSA) is 139 Å². The lowest BCUT2D eigenvalue weighted by atomic mass is 9.85. The summed E-state index contributed by atoms with van der Waals surface area (Å²) in [6.45, 7) is 6.67. The molecule has 2 aliphatic heterocycles. The Hall–Kier alpha value is -3.67. The zero-order valence-corrected chi connectivity index (χ0v) is 24.4. The smallest absolute Gasteiger partial charge is 0.248 e. The Morgan fingerprint density at radius 1 is 1.17 bits per heavy atom. The molecule has 2 saturated heterocycles. The van der Waals surface area contributed by atoms with Crippen LogP contribution >= 0.6 is 0 Å². The van der Waals surface area contributed by atoms with Crippen molar-refractivity contribution in [2.75, 3.05) is 27.3 Å². The minimum absolute atomic E-state index is 0.0374. The molecule has 3 fully saturated rings. The third kappa shape index (κ3) is 6.02. The van der Waals surface area contributed by atoms with Crippen LogP contribution in [0.25, 0.3) is 0 Å². The van der Waals surface area contributed by atoms with E-state index in [0.29, 0.717) is 36.9 Å². The number of aliphatic hydroxyl groups is 1. The number of hydrogen-bond donors (Lipinski definition) is 2. The van der Waals surface area contributed by atoms with E-state index in [4.69, 9.17) is 9.47 Å². The summed E-state index contributed by atoms with van der Waals surface area (Å²) < 4.78 is 12.3. The summed E-state index contributed by atoms with van der Waals surface area (Å²) in [5, 5.41) is 21.9. The average Bonchev–Trinajstić information content (AvgIpc) is 3.39. The van der Waals surface area contributed by atoms with Crippen molar-refractivity contribution < 1.29 is 29.0 Å². The molecule has 3 aliphatic rings. The maximum absolute atomic E-state index is 14.0. The minimum Gasteiger partial charge on any atom is -0.497 e. The van der Waals surface area contributed by atoms with E-state index >= 15 is 0 Å². The minimum atomic E-state index is -0.891. The van der Waals surface area contributed by atoms with E-state index in [1.54, 1.807) is 29.9 Å². The van der Waals surface area contributed by atoms with E-state index < -0.39 is 35.6 Å². The van der Waals surface area contributed by atoms with Gasteiger partial charge in [-0.25, -0.2) is 4.68 Å². The van der Waals surface area contributed by atoms with Crippen LogP contribution in [0.3, 0.4) is 0 Å². The number of nitrogens with one attached hydrogen (secondary N) is 1. The summed E-state index contributed by atoms with van der Waals surface area (Å²) in [4.78, 5) is 43.8. The van der Waals surface area contributed by atoms with E-state index in [1.165, 1.54) is 4.90 Å². The molecule has 3 amide bonds. The molecule has 1 aliphatic carbocycles. The highest BCUT2D eigenvalue weighted by atomic mass is 16.5. The van der Waals surface area contributed by atoms with Gasteiger partial charge in [-0.2, -0.15) is 0 Å². The second kappa shape index (κ2) is 11.3. The molecule has 1 aromatic heterocycles. The van der Waals surface area contributed by atoms with Crippen LogP contribution in [0.1, 0.15) is 69.7 Å². The lowest BCUT2D eigenvalue weighted by molar-refractivity contribution is -0.144. The molecule has 0 spiro atoms. The predicted molar refractivity (Wildman–Crippen MR) is 148 cm³/mol. The number of hydrogen-bond acceptors (Lipinski definition) is 8. The van der Waals surface area contributed by atoms with Crippen molar-refractivity contribution in [3.63, 3.8) is 0 Å². The SMILES string of the molecule is COc1ccc(CN2CCC(NC(=O)C3CC(O)CN3C(=O)[C@@H](n3cc(C4CC4)nn3)C(C)(C)C)C2=O)c(OC)c1. The summed E-state index contributed by atoms with van der Waals surface area (Å²) in [7, 11) is 3.14. The van der Waals surface area contributed by atoms with Crippen LogP contribution in [0.2, 0.25) is 0 Å². The van der Waals surface area contributed by atoms with Gasteiger partial charge < -0.3 is 29.7 Å². The van der Waals surface area contributed by atoms with Gasteiger partial charge in [0.2, 0.25) is 17.7 Å². The first kappa shape index (κ1) is 28.8. The summed E-state index contributed by atoms with van der Waals surface area (Å²) >= 11 is 0. The molecule has 1 aromatic carbocycles. The zero-order chi connectivity index (χ0) is 29.5. The van der Waals surface area contributed by atoms with Gasteiger partial charge in [0.05, 0.1) is 26.0 Å². The lowest BCUT2D eigenvalue weighted by Gasteiger charge is -2.34. The van der Waals surface area contributed by atoms with Gasteiger partial charge >= 0.3 is 0 Å². The fraction of sp³-hybridized carbons (Fsp3) is 0.621. The summed E-state index contributed by atoms with van der Waals surface area (Å²) in [6.07, 6.45) is 3.67. The Kier molecular flexibility index (Phi) is 7.95. The van der Waals surface area contributed by atoms with Gasteiger partial charge in [-0.1, -0.05) is 26.0 Å². The monoisotopic (exact) mass is 568 g/mol. The summed E-state index contributed by atoms with van der Waals surface area (Å²) in [5.41, 5.74) is 1.18. The molecule has 3 unspecified atom stereocenters. The molecule has 4 atom stereocenters. The fourth-order valence-electron chi connectivity index (χ4n) is 5.81. The number of carbonyl (C=O) groups is 3. The molecule has 12 nitrogen and oxygen atoms in total. The molecule has 0 bridgehead atoms. The molecule has 3 heterocycles. The van der Waals surface area contributed by atoms with Gasteiger partial charge in [0.15, 0.2) is 0 Å². The number of rotatable bonds is 9. The molecule has 12 heteroatoms. The van der Waals surface area contributed by atoms with E-state index in [9.17, 15) is 19.5 Å². The molecule has 5 rings (SSSR count). The van der Waals surface area contributed by atoms with Crippen molar-refractivity contribution in [2.45, 2.75) is 83.1 Å². The third-order valence-corrected chi connectivity index (χ3v) is 8.18. The maximum atomic E-state index is 14.0. The number of likely N-dealkylation sites (tertiary alicyclic amines) is 2. The largest absolute Gasteiger partial charge is 0.497 e. The van der Waals surface area contributed by atoms with E-state index in [-0.39, 0.29) is 24.8 Å². The first-order valence-electron chi connectivity index (χ1n) is 14.2. The number of ether oxygens (including phenoxy) is 2. The van der Waals surface area contributed by atoms with Crippen LogP contribution in [0.15, 0.2) is 24.4 Å². The molecule has 222 valence electrons. The van der Waals surface area contributed by atoms with Crippen LogP contribution in [-0.4, -0.2) is 93.1 Å². The van der Waals surface area contributed by atoms with Gasteiger partial charge in [0.25, 0.3) is 0 Å². The van der Waals surface area contributed by atoms with E-state index in [1.807, 2.05) is 39.1 Å². The first-order valence-corrected chi connectivity index (χ1v) is 14.2. The molecular formula is C29H40N6O6. The average molecular weight is 569 g/mol. The van der Waals surface area contributed by atoms with Crippen LogP contribution in [0.4, 0.5) is 0 Å². The third-order valence-electron chi connectivity index (χ3n) is 8.18. The highest BCUT2D eigenvalue weighted by molar-refractivity contribution is 5.94. The van der Waals surface area contributed by atoms with Gasteiger partial charge in [-0.3, -0.25) is 14.4 Å². The Morgan fingerprint density at radius 2 is 1.93 bits per heavy atom. The highest BCUT2D eigenvalue weighted by Crippen LogP contribution is 2.40. The molecule has 2 aromatic rings. The Labute approximate surface area is 240 Å². The van der Waals surface area contributed by atoms with E-state index in [2.05, 4.69) is 15.6 Å². The van der Waals surface area contributed by atoms with Crippen molar-refractivity contribution in [1.82, 2.24) is 30.1 Å². The van der Waals surface area contributed by atoms with Crippen LogP contribution in [-0.2, 0) is 20.9 Å². The number of benzene rings is 1. The van der Waals surface area contributed by atoms with Crippen molar-refractivity contribution in [3.8, 4) is 11.5 Å². The number of carbonyl (C=O) groups excluding carboxylic acids is 3. The highest BCUT2D eigenvalue weighted by Gasteiger charge is 2.46. The van der Waals surface area contributed by atoms with Crippen molar-refractivity contribution in [3.05, 3.63) is 35.7 Å². The zero-order valence-electron chi connectivity index (χ0n) is 24.4. The molecular weight excluding hydrogens is 528 g/mol. The maximum Gasteiger partial charge on any atom is 0.248 e. The predicted octanol–water partition coefficient (Wildman–Crippen LogP) is 1.64. The van der Waals surface area contributed by atoms with Crippen molar-refractivity contribution in [2.24, 2.45) is 5.41 Å². The number of amides is 3. The quantitative estimate of drug-likeness (QED) is 0.466. The van der Waals surface area contributed by atoms with Crippen LogP contribution < -0.4 is 14.8 Å². The van der Waals surface area contributed by atoms with E-state index in [0.717, 1.165) is 24.1 Å². The van der Waals surface area contributed by atoms with Crippen LogP contribution in [0.5, 0.6) is 11.5 Å². The molecule has 41 heavy (non-hydrogen) atoms. The normalized spacial score (nSPS) is 23.6. The summed E-state index contributed by atoms with van der Waals surface area (Å²) in [6, 6.07) is 3.13. The lowest BCUT2D eigenvalue weighted by Crippen LogP contribution is -2.53. The summed E-state index contributed by atoms with van der Waals surface area (Å²) in [5.74, 6) is 0.719. The Morgan fingerprint density at radius 3 is 2.59 bits per heavy atom. The first-order chi connectivity index (χ1) is 19.5. The van der Waals surface area contributed by atoms with Crippen molar-refractivity contribution >= 4 is 17.7 Å². The standard InChI is InChI=1S/C29H40N6O6/c1-29(2,3)25(35-16-22(31-32-35)17-6-7-17)28(39)34-15-19(36)12-23(34)26(37)30-21-10-11-33(27(21)38)14-18-8-9-20(40-4)13-24(18)41-5/h8-9,13,16-17,19,21,23,25,36H,6-7,10-12,14-15H2,1-5H3,(H,30,37)/t19?,21?,23?,25-/m1/s1. The number of aromatic nitrogens is 3. The van der Waals surface area contributed by atoms with Gasteiger partial charge in [-0.15, -0.1) is 5.10 Å². The van der Waals surface area contributed by atoms with Gasteiger partial charge in [0, 0.05) is 49.8 Å². The number of methoxy groups -OCH3 is 2. The number of β-amino-alcohol motifs (C(OH)–C–C–N with tert-alkyl or cyclic N) is 1.